The van der Waals surface area contributed by atoms with E-state index >= 15 is 0 Å². The maximum Gasteiger partial charge on any atom is 0.387 e. The number of alkyl halides is 2. The van der Waals surface area contributed by atoms with E-state index in [0.717, 1.165) is 26.2 Å². The summed E-state index contributed by atoms with van der Waals surface area (Å²) >= 11 is 0. The largest absolute Gasteiger partial charge is 0.435 e. The Morgan fingerprint density at radius 3 is 2.33 bits per heavy atom. The first-order chi connectivity index (χ1) is 16.0. The number of nitrogens with one attached hydrogen (secondary N) is 1. The van der Waals surface area contributed by atoms with Crippen LogP contribution in [0.3, 0.4) is 0 Å². The molecule has 1 N–H and O–H groups in total. The minimum atomic E-state index is -2.89. The van der Waals surface area contributed by atoms with Crippen LogP contribution in [0.2, 0.25) is 0 Å². The number of hydrogen-bond acceptors (Lipinski definition) is 7. The average Bonchev–Trinajstić information content (AvgIpc) is 2.83. The highest BCUT2D eigenvalue weighted by atomic mass is 19.3. The summed E-state index contributed by atoms with van der Waals surface area (Å²) in [6.45, 7) is 4.58. The second kappa shape index (κ2) is 11.5. The number of pyridine rings is 1. The Kier molecular flexibility index (Phi) is 8.42. The van der Waals surface area contributed by atoms with E-state index in [4.69, 9.17) is 0 Å². The van der Waals surface area contributed by atoms with Crippen molar-refractivity contribution >= 4 is 17.5 Å². The van der Waals surface area contributed by atoms with Crippen molar-refractivity contribution in [2.45, 2.75) is 20.5 Å². The molecule has 1 aliphatic heterocycles. The van der Waals surface area contributed by atoms with Crippen LogP contribution < -0.4 is 15.0 Å². The predicted octanol–water partition coefficient (Wildman–Crippen LogP) is 4.80. The van der Waals surface area contributed by atoms with E-state index in [9.17, 15) is 13.2 Å². The molecule has 0 radical (unpaired) electrons. The summed E-state index contributed by atoms with van der Waals surface area (Å²) in [5.41, 5.74) is 1.44. The third kappa shape index (κ3) is 6.55. The van der Waals surface area contributed by atoms with Crippen molar-refractivity contribution in [3.8, 4) is 16.9 Å². The summed E-state index contributed by atoms with van der Waals surface area (Å²) in [6.07, 6.45) is 3.00. The van der Waals surface area contributed by atoms with Gasteiger partial charge in [0.1, 0.15) is 11.6 Å². The Balaban J connectivity index is 0.00000149. The fraction of sp³-hybridized carbons (Fsp3) is 0.348. The van der Waals surface area contributed by atoms with Gasteiger partial charge < -0.3 is 19.9 Å². The first-order valence-corrected chi connectivity index (χ1v) is 10.7. The molecule has 3 aromatic rings. The fourth-order valence-electron chi connectivity index (χ4n) is 3.24. The van der Waals surface area contributed by atoms with E-state index in [-0.39, 0.29) is 11.4 Å². The molecule has 176 valence electrons. The van der Waals surface area contributed by atoms with Crippen molar-refractivity contribution in [1.82, 2.24) is 19.9 Å². The molecule has 2 aromatic heterocycles. The van der Waals surface area contributed by atoms with E-state index in [0.29, 0.717) is 22.9 Å². The second-order valence-corrected chi connectivity index (χ2v) is 7.12. The van der Waals surface area contributed by atoms with Crippen LogP contribution in [0.5, 0.6) is 5.75 Å². The van der Waals surface area contributed by atoms with Gasteiger partial charge >= 0.3 is 6.61 Å². The number of nitrogens with zero attached hydrogens (tertiary/aromatic N) is 5. The highest BCUT2D eigenvalue weighted by Gasteiger charge is 2.17. The molecule has 1 fully saturated rings. The SMILES string of the molecule is CC.CN1CCN(c2nccc(Nc3cc(-c4ccc(OC(F)F)cc4)cnc3F)n2)CC1. The Hall–Kier alpha value is -3.40. The maximum atomic E-state index is 14.3. The Morgan fingerprint density at radius 1 is 0.970 bits per heavy atom. The lowest BCUT2D eigenvalue weighted by Crippen LogP contribution is -2.45. The summed E-state index contributed by atoms with van der Waals surface area (Å²) < 4.78 is 43.3. The molecule has 0 spiro atoms. The zero-order valence-corrected chi connectivity index (χ0v) is 18.8. The van der Waals surface area contributed by atoms with Gasteiger partial charge in [-0.25, -0.2) is 9.97 Å². The van der Waals surface area contributed by atoms with Gasteiger partial charge in [0.25, 0.3) is 0 Å². The molecule has 0 bridgehead atoms. The maximum absolute atomic E-state index is 14.3. The minimum absolute atomic E-state index is 0.0459. The van der Waals surface area contributed by atoms with Crippen molar-refractivity contribution in [1.29, 1.82) is 0 Å². The van der Waals surface area contributed by atoms with Gasteiger partial charge in [0.05, 0.1) is 5.69 Å². The van der Waals surface area contributed by atoms with Crippen LogP contribution in [0.15, 0.2) is 48.8 Å². The van der Waals surface area contributed by atoms with E-state index in [1.165, 1.54) is 18.3 Å². The summed E-state index contributed by atoms with van der Waals surface area (Å²) in [5.74, 6) is 0.394. The lowest BCUT2D eigenvalue weighted by Gasteiger charge is -2.32. The molecular formula is C23H27F3N6O. The van der Waals surface area contributed by atoms with Crippen molar-refractivity contribution in [3.05, 3.63) is 54.7 Å². The van der Waals surface area contributed by atoms with Gasteiger partial charge in [0.15, 0.2) is 0 Å². The Morgan fingerprint density at radius 2 is 1.67 bits per heavy atom. The third-order valence-electron chi connectivity index (χ3n) is 4.94. The molecule has 7 nitrogen and oxygen atoms in total. The first-order valence-electron chi connectivity index (χ1n) is 10.7. The molecule has 1 aliphatic rings. The van der Waals surface area contributed by atoms with Crippen LogP contribution in [-0.4, -0.2) is 59.7 Å². The average molecular weight is 461 g/mol. The predicted molar refractivity (Wildman–Crippen MR) is 123 cm³/mol. The van der Waals surface area contributed by atoms with Crippen molar-refractivity contribution in [2.75, 3.05) is 43.4 Å². The fourth-order valence-corrected chi connectivity index (χ4v) is 3.24. The molecule has 0 unspecified atom stereocenters. The highest BCUT2D eigenvalue weighted by molar-refractivity contribution is 5.69. The summed E-state index contributed by atoms with van der Waals surface area (Å²) in [6, 6.07) is 9.29. The molecule has 4 rings (SSSR count). The number of hydrogen-bond donors (Lipinski definition) is 1. The smallest absolute Gasteiger partial charge is 0.387 e. The lowest BCUT2D eigenvalue weighted by molar-refractivity contribution is -0.0498. The minimum Gasteiger partial charge on any atom is -0.435 e. The van der Waals surface area contributed by atoms with E-state index < -0.39 is 12.6 Å². The number of ether oxygens (including phenoxy) is 1. The molecular weight excluding hydrogens is 433 g/mol. The number of anilines is 3. The van der Waals surface area contributed by atoms with Gasteiger partial charge in [-0.1, -0.05) is 26.0 Å². The van der Waals surface area contributed by atoms with Crippen LogP contribution >= 0.6 is 0 Å². The van der Waals surface area contributed by atoms with E-state index in [2.05, 4.69) is 41.9 Å². The number of aromatic nitrogens is 3. The molecule has 3 heterocycles. The van der Waals surface area contributed by atoms with E-state index in [1.54, 1.807) is 30.5 Å². The zero-order chi connectivity index (χ0) is 23.8. The van der Waals surface area contributed by atoms with Crippen LogP contribution in [-0.2, 0) is 0 Å². The topological polar surface area (TPSA) is 66.4 Å². The molecule has 10 heteroatoms. The van der Waals surface area contributed by atoms with E-state index in [1.807, 2.05) is 13.8 Å². The standard InChI is InChI=1S/C21H21F3N6O.C2H6/c1-29-8-10-30(11-9-29)21-25-7-6-18(28-21)27-17-12-15(13-26-19(17)22)14-2-4-16(5-3-14)31-20(23)24;1-2/h2-7,12-13,20H,8-11H2,1H3,(H,25,27,28);1-2H3. The monoisotopic (exact) mass is 460 g/mol. The Bertz CT molecular complexity index is 1030. The van der Waals surface area contributed by atoms with Gasteiger partial charge in [-0.05, 0) is 36.9 Å². The number of benzene rings is 1. The molecule has 1 saturated heterocycles. The van der Waals surface area contributed by atoms with Crippen molar-refractivity contribution in [2.24, 2.45) is 0 Å². The molecule has 0 amide bonds. The summed E-state index contributed by atoms with van der Waals surface area (Å²) in [4.78, 5) is 16.9. The van der Waals surface area contributed by atoms with Gasteiger partial charge in [-0.3, -0.25) is 0 Å². The summed E-state index contributed by atoms with van der Waals surface area (Å²) in [7, 11) is 2.07. The second-order valence-electron chi connectivity index (χ2n) is 7.12. The Labute approximate surface area is 191 Å². The van der Waals surface area contributed by atoms with Crippen LogP contribution in [0.25, 0.3) is 11.1 Å². The quantitative estimate of drug-likeness (QED) is 0.530. The van der Waals surface area contributed by atoms with Crippen molar-refractivity contribution < 1.29 is 17.9 Å². The van der Waals surface area contributed by atoms with Gasteiger partial charge in [0, 0.05) is 44.1 Å². The lowest BCUT2D eigenvalue weighted by atomic mass is 10.1. The molecule has 0 aliphatic carbocycles. The van der Waals surface area contributed by atoms with Gasteiger partial charge in [0.2, 0.25) is 11.9 Å². The first kappa shape index (κ1) is 24.2. The van der Waals surface area contributed by atoms with Crippen LogP contribution in [0.4, 0.5) is 30.6 Å². The third-order valence-corrected chi connectivity index (χ3v) is 4.94. The highest BCUT2D eigenvalue weighted by Crippen LogP contribution is 2.27. The summed E-state index contributed by atoms with van der Waals surface area (Å²) in [5, 5.41) is 2.96. The number of rotatable bonds is 6. The van der Waals surface area contributed by atoms with Crippen LogP contribution in [0, 0.1) is 5.95 Å². The van der Waals surface area contributed by atoms with Gasteiger partial charge in [-0.15, -0.1) is 0 Å². The van der Waals surface area contributed by atoms with Crippen molar-refractivity contribution in [3.63, 3.8) is 0 Å². The molecule has 1 aromatic carbocycles. The number of piperazine rings is 1. The normalized spacial score (nSPS) is 14.0. The molecule has 0 atom stereocenters. The van der Waals surface area contributed by atoms with Gasteiger partial charge in [-0.2, -0.15) is 18.2 Å². The number of likely N-dealkylation sites (N-methyl/N-ethyl adjacent to an activating group) is 1. The number of halogens is 3. The molecule has 33 heavy (non-hydrogen) atoms. The zero-order valence-electron chi connectivity index (χ0n) is 18.8. The molecule has 0 saturated carbocycles. The van der Waals surface area contributed by atoms with Crippen LogP contribution in [0.1, 0.15) is 13.8 Å².